The number of hydrogen-bond acceptors (Lipinski definition) is 1. The third-order valence-electron chi connectivity index (χ3n) is 4.43. The van der Waals surface area contributed by atoms with Gasteiger partial charge in [-0.2, -0.15) is 0 Å². The molecule has 2 rings (SSSR count). The molecule has 3 unspecified atom stereocenters. The predicted octanol–water partition coefficient (Wildman–Crippen LogP) is 4.41. The molecule has 0 bridgehead atoms. The van der Waals surface area contributed by atoms with Crippen LogP contribution in [0.1, 0.15) is 66.2 Å². The Bertz CT molecular complexity index is 224. The summed E-state index contributed by atoms with van der Waals surface area (Å²) < 4.78 is 6.33. The molecule has 1 aliphatic heterocycles. The molecule has 16 heavy (non-hydrogen) atoms. The van der Waals surface area contributed by atoms with E-state index in [4.69, 9.17) is 4.74 Å². The third-order valence-corrected chi connectivity index (χ3v) is 4.43. The molecule has 1 saturated heterocycles. The van der Waals surface area contributed by atoms with Crippen LogP contribution in [0.3, 0.4) is 0 Å². The lowest BCUT2D eigenvalue weighted by Crippen LogP contribution is -2.40. The van der Waals surface area contributed by atoms with Crippen LogP contribution in [0.5, 0.6) is 0 Å². The highest BCUT2D eigenvalue weighted by molar-refractivity contribution is 4.85. The van der Waals surface area contributed by atoms with Gasteiger partial charge in [-0.05, 0) is 36.5 Å². The Morgan fingerprint density at radius 2 is 1.81 bits per heavy atom. The number of rotatable bonds is 2. The van der Waals surface area contributed by atoms with Crippen molar-refractivity contribution in [1.29, 1.82) is 0 Å². The van der Waals surface area contributed by atoms with Crippen LogP contribution in [0.4, 0.5) is 0 Å². The smallest absolute Gasteiger partial charge is 0.0629 e. The van der Waals surface area contributed by atoms with Crippen LogP contribution >= 0.6 is 0 Å². The fourth-order valence-electron chi connectivity index (χ4n) is 3.06. The molecule has 2 aliphatic rings. The van der Waals surface area contributed by atoms with Gasteiger partial charge in [-0.3, -0.25) is 0 Å². The Balaban J connectivity index is 1.88. The standard InChI is InChI=1S/C15H28O/c1-11-8-13(10-12-6-5-7-12)16-14(9-11)15(2,3)4/h11-14H,5-10H2,1-4H3. The minimum Gasteiger partial charge on any atom is -0.374 e. The van der Waals surface area contributed by atoms with E-state index in [0.717, 1.165) is 11.8 Å². The topological polar surface area (TPSA) is 9.23 Å². The summed E-state index contributed by atoms with van der Waals surface area (Å²) in [6.07, 6.45) is 9.27. The molecule has 0 aromatic rings. The molecular formula is C15H28O. The van der Waals surface area contributed by atoms with Crippen molar-refractivity contribution in [2.24, 2.45) is 17.3 Å². The Kier molecular flexibility index (Phi) is 3.63. The van der Waals surface area contributed by atoms with E-state index in [2.05, 4.69) is 27.7 Å². The van der Waals surface area contributed by atoms with Crippen LogP contribution < -0.4 is 0 Å². The largest absolute Gasteiger partial charge is 0.374 e. The predicted molar refractivity (Wildman–Crippen MR) is 68.5 cm³/mol. The van der Waals surface area contributed by atoms with Gasteiger partial charge in [-0.25, -0.2) is 0 Å². The molecule has 1 nitrogen and oxygen atoms in total. The molecule has 2 fully saturated rings. The van der Waals surface area contributed by atoms with Gasteiger partial charge >= 0.3 is 0 Å². The SMILES string of the molecule is CC1CC(CC2CCC2)OC(C(C)(C)C)C1. The van der Waals surface area contributed by atoms with Gasteiger partial charge in [0.05, 0.1) is 12.2 Å². The zero-order valence-corrected chi connectivity index (χ0v) is 11.5. The molecular weight excluding hydrogens is 196 g/mol. The van der Waals surface area contributed by atoms with E-state index in [1.165, 1.54) is 38.5 Å². The highest BCUT2D eigenvalue weighted by Crippen LogP contribution is 2.39. The highest BCUT2D eigenvalue weighted by atomic mass is 16.5. The van der Waals surface area contributed by atoms with Crippen LogP contribution in [0.15, 0.2) is 0 Å². The first-order chi connectivity index (χ1) is 7.45. The normalized spacial score (nSPS) is 37.1. The molecule has 1 saturated carbocycles. The maximum atomic E-state index is 6.33. The second-order valence-electron chi connectivity index (χ2n) is 7.22. The lowest BCUT2D eigenvalue weighted by molar-refractivity contribution is -0.123. The summed E-state index contributed by atoms with van der Waals surface area (Å²) >= 11 is 0. The Morgan fingerprint density at radius 1 is 1.12 bits per heavy atom. The van der Waals surface area contributed by atoms with Crippen molar-refractivity contribution in [3.8, 4) is 0 Å². The van der Waals surface area contributed by atoms with E-state index >= 15 is 0 Å². The van der Waals surface area contributed by atoms with E-state index < -0.39 is 0 Å². The summed E-state index contributed by atoms with van der Waals surface area (Å²) in [5, 5.41) is 0. The van der Waals surface area contributed by atoms with Gasteiger partial charge in [0.2, 0.25) is 0 Å². The molecule has 0 N–H and O–H groups in total. The van der Waals surface area contributed by atoms with Gasteiger partial charge in [-0.1, -0.05) is 47.0 Å². The minimum absolute atomic E-state index is 0.312. The van der Waals surface area contributed by atoms with Crippen LogP contribution in [0.25, 0.3) is 0 Å². The summed E-state index contributed by atoms with van der Waals surface area (Å²) in [5.74, 6) is 1.83. The van der Waals surface area contributed by atoms with Gasteiger partial charge in [-0.15, -0.1) is 0 Å². The minimum atomic E-state index is 0.312. The quantitative estimate of drug-likeness (QED) is 0.675. The van der Waals surface area contributed by atoms with Crippen LogP contribution in [0.2, 0.25) is 0 Å². The molecule has 0 radical (unpaired) electrons. The van der Waals surface area contributed by atoms with Crippen molar-refractivity contribution < 1.29 is 4.74 Å². The first-order valence-electron chi connectivity index (χ1n) is 7.10. The second-order valence-corrected chi connectivity index (χ2v) is 7.22. The van der Waals surface area contributed by atoms with Gasteiger partial charge < -0.3 is 4.74 Å². The van der Waals surface area contributed by atoms with Crippen LogP contribution in [-0.2, 0) is 4.74 Å². The van der Waals surface area contributed by atoms with Gasteiger partial charge in [0.1, 0.15) is 0 Å². The summed E-state index contributed by atoms with van der Waals surface area (Å²) in [6, 6.07) is 0. The Morgan fingerprint density at radius 3 is 2.31 bits per heavy atom. The van der Waals surface area contributed by atoms with Crippen molar-refractivity contribution in [3.63, 3.8) is 0 Å². The van der Waals surface area contributed by atoms with Crippen molar-refractivity contribution >= 4 is 0 Å². The maximum absolute atomic E-state index is 6.33. The second kappa shape index (κ2) is 4.68. The number of hydrogen-bond donors (Lipinski definition) is 0. The Hall–Kier alpha value is -0.0400. The van der Waals surface area contributed by atoms with E-state index in [9.17, 15) is 0 Å². The molecule has 0 aromatic carbocycles. The summed E-state index contributed by atoms with van der Waals surface area (Å²) in [7, 11) is 0. The summed E-state index contributed by atoms with van der Waals surface area (Å²) in [4.78, 5) is 0. The highest BCUT2D eigenvalue weighted by Gasteiger charge is 2.35. The molecule has 3 atom stereocenters. The lowest BCUT2D eigenvalue weighted by Gasteiger charge is -2.42. The Labute approximate surface area is 101 Å². The monoisotopic (exact) mass is 224 g/mol. The first-order valence-corrected chi connectivity index (χ1v) is 7.10. The zero-order valence-electron chi connectivity index (χ0n) is 11.5. The summed E-state index contributed by atoms with van der Waals surface area (Å²) in [6.45, 7) is 9.34. The van der Waals surface area contributed by atoms with Gasteiger partial charge in [0, 0.05) is 0 Å². The molecule has 1 heterocycles. The fraction of sp³-hybridized carbons (Fsp3) is 1.00. The molecule has 0 aromatic heterocycles. The molecule has 94 valence electrons. The first kappa shape index (κ1) is 12.4. The molecule has 0 spiro atoms. The molecule has 1 aliphatic carbocycles. The van der Waals surface area contributed by atoms with E-state index in [-0.39, 0.29) is 0 Å². The van der Waals surface area contributed by atoms with Crippen molar-refractivity contribution in [3.05, 3.63) is 0 Å². The van der Waals surface area contributed by atoms with Gasteiger partial charge in [0.15, 0.2) is 0 Å². The fourth-order valence-corrected chi connectivity index (χ4v) is 3.06. The lowest BCUT2D eigenvalue weighted by atomic mass is 9.76. The molecule has 1 heteroatoms. The average molecular weight is 224 g/mol. The van der Waals surface area contributed by atoms with Gasteiger partial charge in [0.25, 0.3) is 0 Å². The maximum Gasteiger partial charge on any atom is 0.0629 e. The van der Waals surface area contributed by atoms with Crippen molar-refractivity contribution in [2.75, 3.05) is 0 Å². The van der Waals surface area contributed by atoms with E-state index in [1.54, 1.807) is 0 Å². The zero-order chi connectivity index (χ0) is 11.8. The summed E-state index contributed by atoms with van der Waals surface area (Å²) in [5.41, 5.74) is 0.312. The van der Waals surface area contributed by atoms with E-state index in [0.29, 0.717) is 17.6 Å². The van der Waals surface area contributed by atoms with Crippen LogP contribution in [0, 0.1) is 17.3 Å². The average Bonchev–Trinajstić information content (AvgIpc) is 2.09. The van der Waals surface area contributed by atoms with Crippen LogP contribution in [-0.4, -0.2) is 12.2 Å². The third kappa shape index (κ3) is 3.00. The van der Waals surface area contributed by atoms with E-state index in [1.807, 2.05) is 0 Å². The number of ether oxygens (including phenoxy) is 1. The molecule has 0 amide bonds. The van der Waals surface area contributed by atoms with Crippen molar-refractivity contribution in [1.82, 2.24) is 0 Å². The van der Waals surface area contributed by atoms with Crippen molar-refractivity contribution in [2.45, 2.75) is 78.4 Å².